The summed E-state index contributed by atoms with van der Waals surface area (Å²) in [4.78, 5) is 5.66. The molecule has 4 heteroatoms. The van der Waals surface area contributed by atoms with E-state index in [1.54, 1.807) is 11.3 Å². The maximum absolute atomic E-state index is 4.37. The average Bonchev–Trinajstić information content (AvgIpc) is 2.85. The highest BCUT2D eigenvalue weighted by Gasteiger charge is 2.03. The molecule has 0 saturated heterocycles. The number of halogens is 1. The average molecular weight is 325 g/mol. The summed E-state index contributed by atoms with van der Waals surface area (Å²) in [7, 11) is 0. The van der Waals surface area contributed by atoms with Gasteiger partial charge in [-0.15, -0.1) is 11.3 Å². The number of thiazole rings is 1. The fraction of sp³-hybridized carbons (Fsp3) is 0.357. The third-order valence-electron chi connectivity index (χ3n) is 2.81. The maximum Gasteiger partial charge on any atom is 0.0925 e. The van der Waals surface area contributed by atoms with Crippen LogP contribution in [0.25, 0.3) is 0 Å². The molecule has 2 aromatic rings. The second kappa shape index (κ2) is 6.34. The van der Waals surface area contributed by atoms with Gasteiger partial charge in [-0.2, -0.15) is 0 Å². The van der Waals surface area contributed by atoms with Crippen molar-refractivity contribution in [2.45, 2.75) is 33.2 Å². The molecule has 1 heterocycles. The number of anilines is 1. The Morgan fingerprint density at radius 3 is 2.78 bits per heavy atom. The lowest BCUT2D eigenvalue weighted by Gasteiger charge is -2.10. The van der Waals surface area contributed by atoms with Crippen LogP contribution < -0.4 is 5.32 Å². The van der Waals surface area contributed by atoms with E-state index >= 15 is 0 Å². The van der Waals surface area contributed by atoms with Gasteiger partial charge in [0.1, 0.15) is 0 Å². The van der Waals surface area contributed by atoms with Crippen LogP contribution in [-0.2, 0) is 19.4 Å². The van der Waals surface area contributed by atoms with Crippen LogP contribution in [0.3, 0.4) is 0 Å². The molecular weight excluding hydrogens is 308 g/mol. The summed E-state index contributed by atoms with van der Waals surface area (Å²) in [6, 6.07) is 6.38. The summed E-state index contributed by atoms with van der Waals surface area (Å²) in [5.41, 5.74) is 2.55. The number of rotatable bonds is 5. The second-order valence-electron chi connectivity index (χ2n) is 4.08. The smallest absolute Gasteiger partial charge is 0.0925 e. The molecule has 0 fully saturated rings. The van der Waals surface area contributed by atoms with E-state index < -0.39 is 0 Å². The van der Waals surface area contributed by atoms with Gasteiger partial charge in [0.2, 0.25) is 0 Å². The number of nitrogens with zero attached hydrogens (tertiary/aromatic N) is 1. The standard InChI is InChI=1S/C14H17BrN2S/c1-3-10-7-11(15)5-6-13(10)16-8-12-9-17-14(4-2)18-12/h5-7,9,16H,3-4,8H2,1-2H3. The molecule has 0 aliphatic carbocycles. The first kappa shape index (κ1) is 13.6. The fourth-order valence-corrected chi connectivity index (χ4v) is 3.01. The second-order valence-corrected chi connectivity index (χ2v) is 6.20. The lowest BCUT2D eigenvalue weighted by Crippen LogP contribution is -2.00. The topological polar surface area (TPSA) is 24.9 Å². The van der Waals surface area contributed by atoms with Crippen molar-refractivity contribution in [2.75, 3.05) is 5.32 Å². The lowest BCUT2D eigenvalue weighted by molar-refractivity contribution is 1.08. The molecule has 0 unspecified atom stereocenters. The summed E-state index contributed by atoms with van der Waals surface area (Å²) < 4.78 is 1.14. The quantitative estimate of drug-likeness (QED) is 0.866. The van der Waals surface area contributed by atoms with Crippen LogP contribution in [-0.4, -0.2) is 4.98 Å². The number of hydrogen-bond donors (Lipinski definition) is 1. The molecular formula is C14H17BrN2S. The van der Waals surface area contributed by atoms with Gasteiger partial charge >= 0.3 is 0 Å². The van der Waals surface area contributed by atoms with Crippen molar-refractivity contribution in [3.8, 4) is 0 Å². The van der Waals surface area contributed by atoms with Gasteiger partial charge in [0.05, 0.1) is 11.6 Å². The van der Waals surface area contributed by atoms with Gasteiger partial charge in [0.15, 0.2) is 0 Å². The van der Waals surface area contributed by atoms with Crippen LogP contribution in [0, 0.1) is 0 Å². The molecule has 0 amide bonds. The van der Waals surface area contributed by atoms with Crippen LogP contribution in [0.4, 0.5) is 5.69 Å². The van der Waals surface area contributed by atoms with Gasteiger partial charge in [0, 0.05) is 21.2 Å². The fourth-order valence-electron chi connectivity index (χ4n) is 1.80. The summed E-state index contributed by atoms with van der Waals surface area (Å²) in [5, 5.41) is 4.70. The van der Waals surface area contributed by atoms with Crippen LogP contribution in [0.1, 0.15) is 29.3 Å². The number of hydrogen-bond acceptors (Lipinski definition) is 3. The zero-order valence-electron chi connectivity index (χ0n) is 10.7. The van der Waals surface area contributed by atoms with Crippen molar-refractivity contribution in [1.82, 2.24) is 4.98 Å². The minimum atomic E-state index is 0.853. The Morgan fingerprint density at radius 1 is 1.28 bits per heavy atom. The van der Waals surface area contributed by atoms with Gasteiger partial charge < -0.3 is 5.32 Å². The highest BCUT2D eigenvalue weighted by molar-refractivity contribution is 9.10. The first-order valence-electron chi connectivity index (χ1n) is 6.18. The number of benzene rings is 1. The minimum absolute atomic E-state index is 0.853. The molecule has 0 spiro atoms. The summed E-state index contributed by atoms with van der Waals surface area (Å²) in [5.74, 6) is 0. The molecule has 0 saturated carbocycles. The van der Waals surface area contributed by atoms with Crippen molar-refractivity contribution in [3.63, 3.8) is 0 Å². The predicted molar refractivity (Wildman–Crippen MR) is 82.3 cm³/mol. The van der Waals surface area contributed by atoms with E-state index in [1.807, 2.05) is 6.20 Å². The Morgan fingerprint density at radius 2 is 2.11 bits per heavy atom. The van der Waals surface area contributed by atoms with E-state index in [-0.39, 0.29) is 0 Å². The first-order valence-corrected chi connectivity index (χ1v) is 7.79. The van der Waals surface area contributed by atoms with E-state index in [1.165, 1.54) is 21.1 Å². The van der Waals surface area contributed by atoms with Crippen molar-refractivity contribution < 1.29 is 0 Å². The minimum Gasteiger partial charge on any atom is -0.380 e. The summed E-state index contributed by atoms with van der Waals surface area (Å²) in [6.07, 6.45) is 4.02. The molecule has 2 rings (SSSR count). The Hall–Kier alpha value is -0.870. The van der Waals surface area contributed by atoms with Crippen molar-refractivity contribution in [1.29, 1.82) is 0 Å². The zero-order valence-corrected chi connectivity index (χ0v) is 13.1. The molecule has 1 N–H and O–H groups in total. The highest BCUT2D eigenvalue weighted by atomic mass is 79.9. The zero-order chi connectivity index (χ0) is 13.0. The predicted octanol–water partition coefficient (Wildman–Crippen LogP) is 4.64. The molecule has 0 radical (unpaired) electrons. The molecule has 96 valence electrons. The Bertz CT molecular complexity index is 522. The van der Waals surface area contributed by atoms with Crippen LogP contribution in [0.15, 0.2) is 28.9 Å². The van der Waals surface area contributed by atoms with E-state index in [2.05, 4.69) is 58.3 Å². The molecule has 1 aromatic heterocycles. The van der Waals surface area contributed by atoms with Crippen molar-refractivity contribution in [3.05, 3.63) is 44.3 Å². The molecule has 0 atom stereocenters. The van der Waals surface area contributed by atoms with Crippen molar-refractivity contribution >= 4 is 33.0 Å². The molecule has 0 aliphatic rings. The van der Waals surface area contributed by atoms with Crippen LogP contribution in [0.5, 0.6) is 0 Å². The van der Waals surface area contributed by atoms with Crippen LogP contribution >= 0.6 is 27.3 Å². The molecule has 1 aromatic carbocycles. The molecule has 2 nitrogen and oxygen atoms in total. The summed E-state index contributed by atoms with van der Waals surface area (Å²) in [6.45, 7) is 5.17. The van der Waals surface area contributed by atoms with Gasteiger partial charge in [-0.05, 0) is 36.6 Å². The van der Waals surface area contributed by atoms with E-state index in [0.29, 0.717) is 0 Å². The monoisotopic (exact) mass is 324 g/mol. The van der Waals surface area contributed by atoms with Crippen LogP contribution in [0.2, 0.25) is 0 Å². The Kier molecular flexibility index (Phi) is 4.78. The largest absolute Gasteiger partial charge is 0.380 e. The third kappa shape index (κ3) is 3.33. The number of aromatic nitrogens is 1. The summed E-state index contributed by atoms with van der Waals surface area (Å²) >= 11 is 5.30. The van der Waals surface area contributed by atoms with Gasteiger partial charge in [-0.25, -0.2) is 4.98 Å². The SMILES string of the molecule is CCc1ncc(CNc2ccc(Br)cc2CC)s1. The van der Waals surface area contributed by atoms with Gasteiger partial charge in [0.25, 0.3) is 0 Å². The molecule has 0 bridgehead atoms. The number of nitrogens with one attached hydrogen (secondary N) is 1. The lowest BCUT2D eigenvalue weighted by atomic mass is 10.1. The Labute approximate surface area is 121 Å². The molecule has 0 aliphatic heterocycles. The van der Waals surface area contributed by atoms with Gasteiger partial charge in [-0.3, -0.25) is 0 Å². The van der Waals surface area contributed by atoms with E-state index in [9.17, 15) is 0 Å². The van der Waals surface area contributed by atoms with E-state index in [0.717, 1.165) is 23.9 Å². The maximum atomic E-state index is 4.37. The third-order valence-corrected chi connectivity index (χ3v) is 4.44. The number of aryl methyl sites for hydroxylation is 2. The Balaban J connectivity index is 2.05. The highest BCUT2D eigenvalue weighted by Crippen LogP contribution is 2.23. The first-order chi connectivity index (χ1) is 8.72. The normalized spacial score (nSPS) is 10.6. The van der Waals surface area contributed by atoms with E-state index in [4.69, 9.17) is 0 Å². The van der Waals surface area contributed by atoms with Crippen molar-refractivity contribution in [2.24, 2.45) is 0 Å². The van der Waals surface area contributed by atoms with Gasteiger partial charge in [-0.1, -0.05) is 29.8 Å². The molecule has 18 heavy (non-hydrogen) atoms.